The van der Waals surface area contributed by atoms with Crippen molar-refractivity contribution in [3.8, 4) is 11.1 Å². The van der Waals surface area contributed by atoms with Crippen LogP contribution in [0, 0.1) is 11.8 Å². The molecule has 0 radical (unpaired) electrons. The molecule has 0 aliphatic carbocycles. The second-order valence-electron chi connectivity index (χ2n) is 10.5. The first kappa shape index (κ1) is 32.3. The quantitative estimate of drug-likeness (QED) is 0.183. The van der Waals surface area contributed by atoms with Crippen LogP contribution in [0.3, 0.4) is 0 Å². The van der Waals surface area contributed by atoms with Crippen molar-refractivity contribution in [2.24, 2.45) is 11.8 Å². The van der Waals surface area contributed by atoms with Crippen LogP contribution in [-0.2, 0) is 38.7 Å². The summed E-state index contributed by atoms with van der Waals surface area (Å²) in [5.74, 6) is -3.17. The lowest BCUT2D eigenvalue weighted by molar-refractivity contribution is -0.159. The molecule has 11 heteroatoms. The smallest absolute Gasteiger partial charge is 0.336 e. The number of rotatable bonds is 13. The predicted molar refractivity (Wildman–Crippen MR) is 158 cm³/mol. The van der Waals surface area contributed by atoms with Crippen molar-refractivity contribution in [2.75, 3.05) is 0 Å². The zero-order valence-corrected chi connectivity index (χ0v) is 25.0. The number of benzene rings is 2. The van der Waals surface area contributed by atoms with Crippen LogP contribution >= 0.6 is 11.6 Å². The lowest BCUT2D eigenvalue weighted by Gasteiger charge is -2.19. The zero-order valence-electron chi connectivity index (χ0n) is 24.3. The number of nitrogens with zero attached hydrogens (tertiary/aromatic N) is 2. The monoisotopic (exact) mass is 596 g/mol. The van der Waals surface area contributed by atoms with Crippen LogP contribution in [0.5, 0.6) is 0 Å². The molecule has 0 aliphatic heterocycles. The second-order valence-corrected chi connectivity index (χ2v) is 10.8. The van der Waals surface area contributed by atoms with E-state index in [9.17, 15) is 24.3 Å². The average Bonchev–Trinajstić information content (AvgIpc) is 3.25. The number of carbonyl (C=O) groups is 4. The number of carboxylic acid groups (broad SMARTS) is 1. The van der Waals surface area contributed by atoms with E-state index >= 15 is 0 Å². The number of nitrogens with one attached hydrogen (secondary N) is 2. The number of hydrogen-bond donors (Lipinski definition) is 3. The Morgan fingerprint density at radius 2 is 1.74 bits per heavy atom. The number of aryl methyl sites for hydroxylation is 1. The maximum Gasteiger partial charge on any atom is 0.336 e. The highest BCUT2D eigenvalue weighted by molar-refractivity contribution is 6.30. The van der Waals surface area contributed by atoms with Crippen LogP contribution in [0.15, 0.2) is 48.5 Å². The van der Waals surface area contributed by atoms with Gasteiger partial charge in [0.25, 0.3) is 5.91 Å². The van der Waals surface area contributed by atoms with Crippen LogP contribution in [0.1, 0.15) is 74.4 Å². The first-order valence-electron chi connectivity index (χ1n) is 13.9. The van der Waals surface area contributed by atoms with Crippen molar-refractivity contribution >= 4 is 35.4 Å². The number of carboxylic acids is 1. The molecule has 0 bridgehead atoms. The van der Waals surface area contributed by atoms with Gasteiger partial charge in [-0.25, -0.2) is 9.78 Å². The Hall–Kier alpha value is -4.18. The van der Waals surface area contributed by atoms with Gasteiger partial charge in [-0.15, -0.1) is 0 Å². The van der Waals surface area contributed by atoms with E-state index in [1.54, 1.807) is 24.3 Å². The third-order valence-electron chi connectivity index (χ3n) is 6.69. The molecule has 0 aliphatic rings. The predicted octanol–water partition coefficient (Wildman–Crippen LogP) is 5.17. The van der Waals surface area contributed by atoms with Crippen LogP contribution < -0.4 is 10.8 Å². The molecule has 0 fully saturated rings. The van der Waals surface area contributed by atoms with Crippen LogP contribution in [0.2, 0.25) is 5.15 Å². The van der Waals surface area contributed by atoms with Gasteiger partial charge in [-0.3, -0.25) is 14.4 Å². The number of imidazole rings is 1. The first-order chi connectivity index (χ1) is 20.0. The van der Waals surface area contributed by atoms with Gasteiger partial charge >= 0.3 is 11.9 Å². The molecule has 1 aromatic heterocycles. The molecule has 0 saturated carbocycles. The highest BCUT2D eigenvalue weighted by Crippen LogP contribution is 2.26. The molecule has 3 N–H and O–H groups in total. The summed E-state index contributed by atoms with van der Waals surface area (Å²) < 4.78 is 1.97. The van der Waals surface area contributed by atoms with Crippen molar-refractivity contribution in [3.63, 3.8) is 0 Å². The summed E-state index contributed by atoms with van der Waals surface area (Å²) >= 11 is 6.57. The third-order valence-corrected chi connectivity index (χ3v) is 6.99. The Morgan fingerprint density at radius 1 is 1.05 bits per heavy atom. The molecule has 0 saturated heterocycles. The summed E-state index contributed by atoms with van der Waals surface area (Å²) in [6.07, 6.45) is 2.80. The number of amides is 2. The van der Waals surface area contributed by atoms with Crippen molar-refractivity contribution in [2.45, 2.75) is 66.5 Å². The minimum atomic E-state index is -1.07. The number of halogens is 1. The maximum absolute atomic E-state index is 13.1. The summed E-state index contributed by atoms with van der Waals surface area (Å²) in [6, 6.07) is 14.4. The van der Waals surface area contributed by atoms with Gasteiger partial charge in [-0.1, -0.05) is 81.3 Å². The zero-order chi connectivity index (χ0) is 30.8. The number of aromatic carboxylic acids is 1. The summed E-state index contributed by atoms with van der Waals surface area (Å²) in [5.41, 5.74) is 5.22. The highest BCUT2D eigenvalue weighted by atomic mass is 35.5. The lowest BCUT2D eigenvalue weighted by atomic mass is 9.95. The number of unbranched alkanes of at least 4 members (excludes halogenated alkanes) is 1. The molecular weight excluding hydrogens is 560 g/mol. The summed E-state index contributed by atoms with van der Waals surface area (Å²) in [6.45, 7) is 7.47. The minimum absolute atomic E-state index is 0.0315. The molecule has 2 amide bonds. The van der Waals surface area contributed by atoms with Gasteiger partial charge in [-0.2, -0.15) is 5.48 Å². The van der Waals surface area contributed by atoms with Crippen LogP contribution in [0.25, 0.3) is 11.1 Å². The molecule has 42 heavy (non-hydrogen) atoms. The van der Waals surface area contributed by atoms with E-state index in [0.29, 0.717) is 24.2 Å². The first-order valence-corrected chi connectivity index (χ1v) is 14.3. The Balaban J connectivity index is 1.84. The molecule has 224 valence electrons. The number of aromatic nitrogens is 2. The molecule has 0 spiro atoms. The Labute approximate surface area is 250 Å². The molecule has 1 heterocycles. The maximum atomic E-state index is 13.1. The van der Waals surface area contributed by atoms with Crippen LogP contribution in [0.4, 0.5) is 0 Å². The van der Waals surface area contributed by atoms with E-state index in [1.165, 1.54) is 0 Å². The van der Waals surface area contributed by atoms with E-state index < -0.39 is 29.7 Å². The third kappa shape index (κ3) is 8.66. The number of hydrogen-bond acceptors (Lipinski definition) is 6. The summed E-state index contributed by atoms with van der Waals surface area (Å²) in [4.78, 5) is 57.7. The minimum Gasteiger partial charge on any atom is -0.478 e. The molecule has 3 aromatic rings. The van der Waals surface area contributed by atoms with Crippen molar-refractivity contribution in [1.29, 1.82) is 0 Å². The summed E-state index contributed by atoms with van der Waals surface area (Å²) in [5, 5.41) is 12.6. The summed E-state index contributed by atoms with van der Waals surface area (Å²) in [7, 11) is 0. The topological polar surface area (TPSA) is 140 Å². The molecular formula is C31H37ClN4O6. The lowest BCUT2D eigenvalue weighted by Crippen LogP contribution is -2.42. The van der Waals surface area contributed by atoms with Crippen molar-refractivity contribution in [1.82, 2.24) is 20.3 Å². The Morgan fingerprint density at radius 3 is 2.36 bits per heavy atom. The normalized spacial score (nSPS) is 11.7. The molecule has 3 rings (SSSR count). The number of hydroxylamine groups is 1. The Bertz CT molecular complexity index is 1420. The van der Waals surface area contributed by atoms with Crippen molar-refractivity contribution < 1.29 is 29.1 Å². The van der Waals surface area contributed by atoms with Gasteiger partial charge in [0.2, 0.25) is 5.91 Å². The molecule has 10 nitrogen and oxygen atoms in total. The van der Waals surface area contributed by atoms with E-state index in [0.717, 1.165) is 36.7 Å². The fourth-order valence-electron chi connectivity index (χ4n) is 4.57. The molecule has 1 atom stereocenters. The SMILES string of the molecule is CCCCc1nc(Cl)c(CNC(=O)C(CC(C)C)C(=O)NOC(C)=O)n1Cc1ccc(-c2ccccc2C(=O)O)cc1. The van der Waals surface area contributed by atoms with Gasteiger partial charge < -0.3 is 19.8 Å². The second kappa shape index (κ2) is 15.2. The fourth-order valence-corrected chi connectivity index (χ4v) is 4.84. The van der Waals surface area contributed by atoms with Gasteiger partial charge in [0, 0.05) is 19.9 Å². The average molecular weight is 597 g/mol. The standard InChI is InChI=1S/C31H37ClN4O6/c1-5-6-11-27-34-28(32)26(17-33-29(38)25(16-19(2)3)30(39)35-42-20(4)37)36(27)18-21-12-14-22(15-13-21)23-9-7-8-10-24(23)31(40)41/h7-10,12-15,19,25H,5-6,11,16-18H2,1-4H3,(H,33,38)(H,35,39)(H,40,41). The van der Waals surface area contributed by atoms with Gasteiger partial charge in [0.15, 0.2) is 5.15 Å². The van der Waals surface area contributed by atoms with Gasteiger partial charge in [0.1, 0.15) is 11.7 Å². The van der Waals surface area contributed by atoms with E-state index in [-0.39, 0.29) is 29.6 Å². The largest absolute Gasteiger partial charge is 0.478 e. The van der Waals surface area contributed by atoms with E-state index in [2.05, 4.69) is 22.1 Å². The Kier molecular flexibility index (Phi) is 11.7. The van der Waals surface area contributed by atoms with Crippen LogP contribution in [-0.4, -0.2) is 38.4 Å². The molecule has 2 aromatic carbocycles. The van der Waals surface area contributed by atoms with Gasteiger partial charge in [0.05, 0.1) is 17.8 Å². The molecule has 1 unspecified atom stereocenters. The number of carbonyl (C=O) groups excluding carboxylic acids is 3. The fraction of sp³-hybridized carbons (Fsp3) is 0.387. The van der Waals surface area contributed by atoms with E-state index in [1.807, 2.05) is 48.2 Å². The highest BCUT2D eigenvalue weighted by Gasteiger charge is 2.29. The van der Waals surface area contributed by atoms with E-state index in [4.69, 9.17) is 11.6 Å². The van der Waals surface area contributed by atoms with Gasteiger partial charge in [-0.05, 0) is 41.5 Å². The van der Waals surface area contributed by atoms with Crippen molar-refractivity contribution in [3.05, 3.63) is 76.3 Å².